The highest BCUT2D eigenvalue weighted by Crippen LogP contribution is 2.30. The Labute approximate surface area is 206 Å². The number of halogens is 1. The van der Waals surface area contributed by atoms with E-state index in [4.69, 9.17) is 21.1 Å². The number of benzene rings is 3. The summed E-state index contributed by atoms with van der Waals surface area (Å²) in [5.41, 5.74) is 3.07. The number of hydrogen-bond donors (Lipinski definition) is 0. The van der Waals surface area contributed by atoms with Crippen LogP contribution in [0.1, 0.15) is 11.1 Å². The number of nitrogens with zero attached hydrogens (tertiary/aromatic N) is 3. The first kappa shape index (κ1) is 22.8. The molecule has 5 aromatic rings. The number of fused-ring (bicyclic) bond motifs is 3. The third-order valence-corrected chi connectivity index (χ3v) is 6.62. The van der Waals surface area contributed by atoms with Crippen LogP contribution in [0.5, 0.6) is 11.5 Å². The number of methoxy groups -OCH3 is 2. The second-order valence-electron chi connectivity index (χ2n) is 8.43. The molecule has 0 amide bonds. The zero-order valence-electron chi connectivity index (χ0n) is 19.8. The Morgan fingerprint density at radius 3 is 2.23 bits per heavy atom. The first-order valence-corrected chi connectivity index (χ1v) is 11.4. The zero-order chi connectivity index (χ0) is 24.9. The van der Waals surface area contributed by atoms with Gasteiger partial charge < -0.3 is 14.0 Å². The van der Waals surface area contributed by atoms with Gasteiger partial charge in [-0.3, -0.25) is 9.36 Å². The fraction of sp³-hybridized carbons (Fsp3) is 0.185. The van der Waals surface area contributed by atoms with Crippen molar-refractivity contribution < 1.29 is 9.47 Å². The summed E-state index contributed by atoms with van der Waals surface area (Å²) in [6.45, 7) is 2.11. The van der Waals surface area contributed by atoms with Crippen LogP contribution in [0, 0.1) is 6.92 Å². The van der Waals surface area contributed by atoms with E-state index in [0.29, 0.717) is 27.5 Å². The van der Waals surface area contributed by atoms with E-state index >= 15 is 0 Å². The van der Waals surface area contributed by atoms with Crippen LogP contribution in [0.4, 0.5) is 0 Å². The van der Waals surface area contributed by atoms with Crippen LogP contribution in [0.25, 0.3) is 27.6 Å². The molecule has 0 radical (unpaired) electrons. The molecule has 0 fully saturated rings. The molecule has 35 heavy (non-hydrogen) atoms. The molecule has 0 aliphatic rings. The van der Waals surface area contributed by atoms with Crippen molar-refractivity contribution >= 4 is 33.5 Å². The summed E-state index contributed by atoms with van der Waals surface area (Å²) in [6.07, 6.45) is 0. The number of aromatic nitrogens is 3. The number of aryl methyl sites for hydroxylation is 2. The van der Waals surface area contributed by atoms with E-state index < -0.39 is 11.2 Å². The van der Waals surface area contributed by atoms with E-state index in [-0.39, 0.29) is 6.54 Å². The van der Waals surface area contributed by atoms with Gasteiger partial charge in [0, 0.05) is 17.5 Å². The number of rotatable bonds is 5. The Balaban J connectivity index is 1.92. The van der Waals surface area contributed by atoms with E-state index in [1.807, 2.05) is 61.0 Å². The molecule has 0 atom stereocenters. The van der Waals surface area contributed by atoms with Gasteiger partial charge in [-0.2, -0.15) is 0 Å². The van der Waals surface area contributed by atoms with Gasteiger partial charge in [0.15, 0.2) is 0 Å². The van der Waals surface area contributed by atoms with E-state index in [0.717, 1.165) is 27.8 Å². The average Bonchev–Trinajstić information content (AvgIpc) is 3.16. The Hall–Kier alpha value is -3.97. The maximum Gasteiger partial charge on any atom is 0.336 e. The summed E-state index contributed by atoms with van der Waals surface area (Å²) < 4.78 is 15.4. The van der Waals surface area contributed by atoms with E-state index in [1.54, 1.807) is 37.0 Å². The molecule has 3 aromatic carbocycles. The largest absolute Gasteiger partial charge is 0.497 e. The summed E-state index contributed by atoms with van der Waals surface area (Å²) in [6, 6.07) is 18.3. The highest BCUT2D eigenvalue weighted by molar-refractivity contribution is 6.30. The van der Waals surface area contributed by atoms with Crippen molar-refractivity contribution in [3.8, 4) is 17.2 Å². The van der Waals surface area contributed by atoms with Crippen LogP contribution in [-0.2, 0) is 13.6 Å². The molecule has 0 saturated carbocycles. The predicted molar refractivity (Wildman–Crippen MR) is 139 cm³/mol. The maximum absolute atomic E-state index is 14.0. The normalized spacial score (nSPS) is 11.3. The van der Waals surface area contributed by atoms with Gasteiger partial charge in [-0.25, -0.2) is 9.36 Å². The molecule has 0 bridgehead atoms. The molecule has 2 heterocycles. The van der Waals surface area contributed by atoms with Gasteiger partial charge in [0.2, 0.25) is 0 Å². The monoisotopic (exact) mass is 489 g/mol. The second-order valence-corrected chi connectivity index (χ2v) is 8.86. The molecule has 0 N–H and O–H groups in total. The quantitative estimate of drug-likeness (QED) is 0.360. The fourth-order valence-electron chi connectivity index (χ4n) is 4.55. The van der Waals surface area contributed by atoms with Crippen molar-refractivity contribution in [3.63, 3.8) is 0 Å². The van der Waals surface area contributed by atoms with Gasteiger partial charge in [0.1, 0.15) is 17.0 Å². The first-order chi connectivity index (χ1) is 16.8. The summed E-state index contributed by atoms with van der Waals surface area (Å²) in [4.78, 5) is 27.9. The molecule has 0 aliphatic heterocycles. The van der Waals surface area contributed by atoms with Gasteiger partial charge >= 0.3 is 5.69 Å². The van der Waals surface area contributed by atoms with E-state index in [1.165, 1.54) is 4.57 Å². The average molecular weight is 490 g/mol. The molecule has 178 valence electrons. The van der Waals surface area contributed by atoms with E-state index in [9.17, 15) is 9.59 Å². The lowest BCUT2D eigenvalue weighted by atomic mass is 10.1. The molecule has 0 aliphatic carbocycles. The maximum atomic E-state index is 14.0. The Morgan fingerprint density at radius 2 is 1.54 bits per heavy atom. The molecule has 0 spiro atoms. The topological polar surface area (TPSA) is 67.4 Å². The standard InChI is InChI=1S/C27H24ClN3O4/c1-16-5-8-18(28)13-23(16)31-26(32)25-24(21-14-20(35-4)11-12-22(21)29(25)2)30(27(31)33)15-17-6-9-19(34-3)10-7-17/h5-14H,15H2,1-4H3. The van der Waals surface area contributed by atoms with Crippen molar-refractivity contribution in [1.29, 1.82) is 0 Å². The molecule has 0 unspecified atom stereocenters. The summed E-state index contributed by atoms with van der Waals surface area (Å²) in [5, 5.41) is 1.21. The van der Waals surface area contributed by atoms with Crippen LogP contribution in [0.15, 0.2) is 70.3 Å². The summed E-state index contributed by atoms with van der Waals surface area (Å²) in [5.74, 6) is 1.36. The van der Waals surface area contributed by atoms with Crippen LogP contribution < -0.4 is 20.7 Å². The van der Waals surface area contributed by atoms with Crippen molar-refractivity contribution in [2.75, 3.05) is 14.2 Å². The fourth-order valence-corrected chi connectivity index (χ4v) is 4.72. The van der Waals surface area contributed by atoms with E-state index in [2.05, 4.69) is 0 Å². The Bertz CT molecular complexity index is 1710. The summed E-state index contributed by atoms with van der Waals surface area (Å²) in [7, 11) is 5.03. The lowest BCUT2D eigenvalue weighted by Gasteiger charge is -2.15. The van der Waals surface area contributed by atoms with Crippen LogP contribution in [0.2, 0.25) is 5.02 Å². The molecule has 7 nitrogen and oxygen atoms in total. The smallest absolute Gasteiger partial charge is 0.336 e. The number of ether oxygens (including phenoxy) is 2. The molecule has 8 heteroatoms. The lowest BCUT2D eigenvalue weighted by Crippen LogP contribution is -2.40. The lowest BCUT2D eigenvalue weighted by molar-refractivity contribution is 0.414. The predicted octanol–water partition coefficient (Wildman–Crippen LogP) is 4.67. The number of hydrogen-bond acceptors (Lipinski definition) is 4. The Morgan fingerprint density at radius 1 is 0.857 bits per heavy atom. The van der Waals surface area contributed by atoms with Crippen molar-refractivity contribution in [2.45, 2.75) is 13.5 Å². The van der Waals surface area contributed by atoms with Crippen LogP contribution >= 0.6 is 11.6 Å². The molecule has 5 rings (SSSR count). The minimum absolute atomic E-state index is 0.259. The Kier molecular flexibility index (Phi) is 5.65. The SMILES string of the molecule is COc1ccc(Cn2c(=O)n(-c3cc(Cl)ccc3C)c(=O)c3c2c2cc(OC)ccc2n3C)cc1. The molecule has 2 aromatic heterocycles. The highest BCUT2D eigenvalue weighted by atomic mass is 35.5. The van der Waals surface area contributed by atoms with Crippen LogP contribution in [0.3, 0.4) is 0 Å². The van der Waals surface area contributed by atoms with Gasteiger partial charge in [-0.05, 0) is 60.5 Å². The van der Waals surface area contributed by atoms with Crippen molar-refractivity contribution in [1.82, 2.24) is 13.7 Å². The molecular formula is C27H24ClN3O4. The van der Waals surface area contributed by atoms with Gasteiger partial charge in [-0.1, -0.05) is 29.8 Å². The molecule has 0 saturated heterocycles. The minimum atomic E-state index is -0.445. The third kappa shape index (κ3) is 3.68. The van der Waals surface area contributed by atoms with Crippen molar-refractivity contribution in [3.05, 3.63) is 97.7 Å². The highest BCUT2D eigenvalue weighted by Gasteiger charge is 2.22. The van der Waals surface area contributed by atoms with Crippen molar-refractivity contribution in [2.24, 2.45) is 7.05 Å². The van der Waals surface area contributed by atoms with Gasteiger partial charge in [0.05, 0.1) is 37.5 Å². The summed E-state index contributed by atoms with van der Waals surface area (Å²) >= 11 is 6.26. The second kappa shape index (κ2) is 8.67. The first-order valence-electron chi connectivity index (χ1n) is 11.1. The zero-order valence-corrected chi connectivity index (χ0v) is 20.6. The minimum Gasteiger partial charge on any atom is -0.497 e. The van der Waals surface area contributed by atoms with Gasteiger partial charge in [-0.15, -0.1) is 0 Å². The van der Waals surface area contributed by atoms with Crippen LogP contribution in [-0.4, -0.2) is 27.9 Å². The molecular weight excluding hydrogens is 466 g/mol. The third-order valence-electron chi connectivity index (χ3n) is 6.39. The van der Waals surface area contributed by atoms with Gasteiger partial charge in [0.25, 0.3) is 5.56 Å².